The first-order valence-corrected chi connectivity index (χ1v) is 11.1. The molecule has 0 saturated carbocycles. The average molecular weight is 445 g/mol. The van der Waals surface area contributed by atoms with Crippen molar-refractivity contribution < 1.29 is 9.53 Å². The molecule has 1 aliphatic heterocycles. The SMILES string of the molecule is CCOC(=O)C1=C(C)N=c2sc(=Cc3cccs3)c(=O)n2[C@H]1c1ccc(Cl)cc1. The summed E-state index contributed by atoms with van der Waals surface area (Å²) in [5.74, 6) is -0.471. The quantitative estimate of drug-likeness (QED) is 0.578. The topological polar surface area (TPSA) is 60.7 Å². The van der Waals surface area contributed by atoms with Gasteiger partial charge < -0.3 is 4.74 Å². The summed E-state index contributed by atoms with van der Waals surface area (Å²) in [7, 11) is 0. The number of carbonyl (C=O) groups excluding carboxylic acids is 1. The Labute approximate surface area is 179 Å². The van der Waals surface area contributed by atoms with Crippen molar-refractivity contribution in [1.82, 2.24) is 4.57 Å². The number of thiophene rings is 1. The van der Waals surface area contributed by atoms with Gasteiger partial charge in [0.2, 0.25) is 0 Å². The molecule has 0 aliphatic carbocycles. The Morgan fingerprint density at radius 1 is 1.31 bits per heavy atom. The van der Waals surface area contributed by atoms with E-state index >= 15 is 0 Å². The second-order valence-corrected chi connectivity index (χ2v) is 8.79. The molecule has 8 heteroatoms. The molecule has 1 aliphatic rings. The van der Waals surface area contributed by atoms with E-state index in [1.54, 1.807) is 41.9 Å². The van der Waals surface area contributed by atoms with E-state index in [1.165, 1.54) is 11.3 Å². The van der Waals surface area contributed by atoms with Crippen molar-refractivity contribution in [2.45, 2.75) is 19.9 Å². The molecule has 1 atom stereocenters. The van der Waals surface area contributed by atoms with Crippen molar-refractivity contribution in [2.24, 2.45) is 4.99 Å². The van der Waals surface area contributed by atoms with Crippen molar-refractivity contribution in [3.05, 3.63) is 88.2 Å². The third kappa shape index (κ3) is 3.73. The summed E-state index contributed by atoms with van der Waals surface area (Å²) in [5, 5.41) is 2.54. The van der Waals surface area contributed by atoms with Gasteiger partial charge in [-0.1, -0.05) is 41.1 Å². The number of nitrogens with zero attached hydrogens (tertiary/aromatic N) is 2. The van der Waals surface area contributed by atoms with Crippen molar-refractivity contribution in [3.8, 4) is 0 Å². The van der Waals surface area contributed by atoms with Crippen molar-refractivity contribution >= 4 is 46.3 Å². The first-order chi connectivity index (χ1) is 14.0. The van der Waals surface area contributed by atoms with Gasteiger partial charge >= 0.3 is 5.97 Å². The number of ether oxygens (including phenoxy) is 1. The first-order valence-electron chi connectivity index (χ1n) is 8.98. The zero-order valence-electron chi connectivity index (χ0n) is 15.7. The minimum atomic E-state index is -0.618. The highest BCUT2D eigenvalue weighted by molar-refractivity contribution is 7.11. The molecule has 0 saturated heterocycles. The predicted octanol–water partition coefficient (Wildman–Crippen LogP) is 3.51. The molecule has 148 valence electrons. The number of hydrogen-bond acceptors (Lipinski definition) is 6. The second kappa shape index (κ2) is 8.10. The molecule has 0 N–H and O–H groups in total. The van der Waals surface area contributed by atoms with Gasteiger partial charge in [0, 0.05) is 9.90 Å². The monoisotopic (exact) mass is 444 g/mol. The van der Waals surface area contributed by atoms with Crippen LogP contribution in [0.5, 0.6) is 0 Å². The van der Waals surface area contributed by atoms with Crippen LogP contribution in [0.25, 0.3) is 6.08 Å². The molecule has 1 aromatic carbocycles. The Bertz CT molecular complexity index is 1270. The van der Waals surface area contributed by atoms with Crippen LogP contribution in [0.1, 0.15) is 30.3 Å². The smallest absolute Gasteiger partial charge is 0.338 e. The first kappa shape index (κ1) is 19.8. The normalized spacial score (nSPS) is 16.5. The Kier molecular flexibility index (Phi) is 5.54. The molecule has 0 radical (unpaired) electrons. The van der Waals surface area contributed by atoms with Crippen LogP contribution in [0, 0.1) is 0 Å². The Morgan fingerprint density at radius 2 is 2.07 bits per heavy atom. The molecular formula is C21H17ClN2O3S2. The molecule has 0 spiro atoms. The van der Waals surface area contributed by atoms with E-state index < -0.39 is 12.0 Å². The van der Waals surface area contributed by atoms with Crippen LogP contribution >= 0.6 is 34.3 Å². The van der Waals surface area contributed by atoms with Crippen LogP contribution in [0.3, 0.4) is 0 Å². The van der Waals surface area contributed by atoms with E-state index in [4.69, 9.17) is 16.3 Å². The fraction of sp³-hybridized carbons (Fsp3) is 0.190. The highest BCUT2D eigenvalue weighted by Gasteiger charge is 2.33. The van der Waals surface area contributed by atoms with Crippen LogP contribution in [0.4, 0.5) is 0 Å². The number of aromatic nitrogens is 1. The predicted molar refractivity (Wildman–Crippen MR) is 116 cm³/mol. The molecular weight excluding hydrogens is 428 g/mol. The molecule has 4 rings (SSSR count). The van der Waals surface area contributed by atoms with Gasteiger partial charge in [-0.25, -0.2) is 9.79 Å². The van der Waals surface area contributed by atoms with E-state index in [9.17, 15) is 9.59 Å². The average Bonchev–Trinajstić information content (AvgIpc) is 3.30. The number of thiazole rings is 1. The van der Waals surface area contributed by atoms with Gasteiger partial charge in [-0.2, -0.15) is 0 Å². The fourth-order valence-electron chi connectivity index (χ4n) is 3.25. The molecule has 0 fully saturated rings. The number of benzene rings is 1. The van der Waals surface area contributed by atoms with Crippen LogP contribution in [-0.4, -0.2) is 17.1 Å². The summed E-state index contributed by atoms with van der Waals surface area (Å²) in [5.41, 5.74) is 1.50. The van der Waals surface area contributed by atoms with Gasteiger partial charge in [0.25, 0.3) is 5.56 Å². The zero-order chi connectivity index (χ0) is 20.5. The van der Waals surface area contributed by atoms with Gasteiger partial charge in [0.05, 0.1) is 28.5 Å². The number of halogens is 1. The summed E-state index contributed by atoms with van der Waals surface area (Å²) < 4.78 is 7.42. The Hall–Kier alpha value is -2.48. The lowest BCUT2D eigenvalue weighted by Gasteiger charge is -2.24. The highest BCUT2D eigenvalue weighted by Crippen LogP contribution is 2.31. The molecule has 29 heavy (non-hydrogen) atoms. The summed E-state index contributed by atoms with van der Waals surface area (Å²) in [6, 6.07) is 10.4. The summed E-state index contributed by atoms with van der Waals surface area (Å²) in [6.45, 7) is 3.76. The highest BCUT2D eigenvalue weighted by atomic mass is 35.5. The largest absolute Gasteiger partial charge is 0.463 e. The lowest BCUT2D eigenvalue weighted by molar-refractivity contribution is -0.139. The minimum absolute atomic E-state index is 0.184. The van der Waals surface area contributed by atoms with Crippen LogP contribution in [0.2, 0.25) is 5.02 Å². The van der Waals surface area contributed by atoms with Gasteiger partial charge in [-0.3, -0.25) is 9.36 Å². The fourth-order valence-corrected chi connectivity index (χ4v) is 5.15. The van der Waals surface area contributed by atoms with Gasteiger partial charge in [-0.05, 0) is 49.1 Å². The van der Waals surface area contributed by atoms with Gasteiger partial charge in [0.1, 0.15) is 0 Å². The third-order valence-electron chi connectivity index (χ3n) is 4.52. The molecule has 0 bridgehead atoms. The summed E-state index contributed by atoms with van der Waals surface area (Å²) in [4.78, 5) is 32.2. The number of allylic oxidation sites excluding steroid dienone is 1. The number of rotatable bonds is 4. The standard InChI is InChI=1S/C21H17ClN2O3S2/c1-3-27-20(26)17-12(2)23-21-24(18(17)13-6-8-14(22)9-7-13)19(25)16(29-21)11-15-5-4-10-28-15/h4-11,18H,3H2,1-2H3/t18-/m0/s1. The van der Waals surface area contributed by atoms with Crippen LogP contribution in [-0.2, 0) is 9.53 Å². The number of fused-ring (bicyclic) bond motifs is 1. The van der Waals surface area contributed by atoms with Gasteiger partial charge in [-0.15, -0.1) is 11.3 Å². The van der Waals surface area contributed by atoms with Crippen LogP contribution < -0.4 is 14.9 Å². The van der Waals surface area contributed by atoms with Crippen molar-refractivity contribution in [3.63, 3.8) is 0 Å². The molecule has 3 aromatic rings. The van der Waals surface area contributed by atoms with Gasteiger partial charge in [0.15, 0.2) is 4.80 Å². The summed E-state index contributed by atoms with van der Waals surface area (Å²) >= 11 is 8.92. The maximum absolute atomic E-state index is 13.3. The molecule has 0 amide bonds. The maximum Gasteiger partial charge on any atom is 0.338 e. The Morgan fingerprint density at radius 3 is 2.72 bits per heavy atom. The van der Waals surface area contributed by atoms with E-state index in [1.807, 2.05) is 35.7 Å². The molecule has 0 unspecified atom stereocenters. The molecule has 2 aromatic heterocycles. The number of hydrogen-bond donors (Lipinski definition) is 0. The maximum atomic E-state index is 13.3. The number of esters is 1. The van der Waals surface area contributed by atoms with E-state index in [0.717, 1.165) is 10.4 Å². The van der Waals surface area contributed by atoms with E-state index in [-0.39, 0.29) is 12.2 Å². The molecule has 5 nitrogen and oxygen atoms in total. The zero-order valence-corrected chi connectivity index (χ0v) is 18.1. The summed E-state index contributed by atoms with van der Waals surface area (Å²) in [6.07, 6.45) is 1.86. The molecule has 3 heterocycles. The third-order valence-corrected chi connectivity index (χ3v) is 6.57. The lowest BCUT2D eigenvalue weighted by atomic mass is 9.96. The van der Waals surface area contributed by atoms with E-state index in [2.05, 4.69) is 4.99 Å². The van der Waals surface area contributed by atoms with E-state index in [0.29, 0.717) is 25.6 Å². The van der Waals surface area contributed by atoms with Crippen LogP contribution in [0.15, 0.2) is 62.8 Å². The van der Waals surface area contributed by atoms with Crippen molar-refractivity contribution in [2.75, 3.05) is 6.61 Å². The minimum Gasteiger partial charge on any atom is -0.463 e. The Balaban J connectivity index is 1.97. The van der Waals surface area contributed by atoms with Crippen molar-refractivity contribution in [1.29, 1.82) is 0 Å². The second-order valence-electron chi connectivity index (χ2n) is 6.37. The lowest BCUT2D eigenvalue weighted by Crippen LogP contribution is -2.39. The number of carbonyl (C=O) groups is 1.